The molecule has 0 saturated carbocycles. The van der Waals surface area contributed by atoms with Gasteiger partial charge in [-0.25, -0.2) is 17.9 Å². The molecule has 31 heavy (non-hydrogen) atoms. The standard InChI is InChI=1S/C23H31N3O4S/c1-3-4-5-6-7-8-16-24-22(27)19-10-9-11-20(17-19)25-23(28)26-31(29,30)21-14-12-18(2)13-15-21/h9-15,17H,3-8,16H2,1-2H3,(H,24,27)(H2,25,26,28). The maximum atomic E-state index is 12.3. The van der Waals surface area contributed by atoms with E-state index < -0.39 is 16.1 Å². The molecule has 0 aliphatic heterocycles. The molecule has 3 N–H and O–H groups in total. The fourth-order valence-corrected chi connectivity index (χ4v) is 3.91. The van der Waals surface area contributed by atoms with Gasteiger partial charge >= 0.3 is 6.03 Å². The van der Waals surface area contributed by atoms with Crippen molar-refractivity contribution in [2.75, 3.05) is 11.9 Å². The van der Waals surface area contributed by atoms with Crippen LogP contribution < -0.4 is 15.4 Å². The maximum absolute atomic E-state index is 12.3. The van der Waals surface area contributed by atoms with E-state index in [9.17, 15) is 18.0 Å². The van der Waals surface area contributed by atoms with Crippen LogP contribution in [0.3, 0.4) is 0 Å². The van der Waals surface area contributed by atoms with Crippen molar-refractivity contribution in [3.8, 4) is 0 Å². The van der Waals surface area contributed by atoms with Crippen LogP contribution in [0, 0.1) is 6.92 Å². The topological polar surface area (TPSA) is 104 Å². The molecular weight excluding hydrogens is 414 g/mol. The molecule has 2 rings (SSSR count). The van der Waals surface area contributed by atoms with Crippen molar-refractivity contribution < 1.29 is 18.0 Å². The van der Waals surface area contributed by atoms with E-state index in [1.165, 1.54) is 43.9 Å². The molecule has 0 aromatic heterocycles. The van der Waals surface area contributed by atoms with Crippen LogP contribution in [0.5, 0.6) is 0 Å². The van der Waals surface area contributed by atoms with Gasteiger partial charge in [-0.05, 0) is 43.7 Å². The van der Waals surface area contributed by atoms with Crippen LogP contribution in [-0.4, -0.2) is 26.9 Å². The average molecular weight is 446 g/mol. The summed E-state index contributed by atoms with van der Waals surface area (Å²) in [6, 6.07) is 11.6. The third-order valence-corrected chi connectivity index (χ3v) is 6.10. The van der Waals surface area contributed by atoms with Gasteiger partial charge < -0.3 is 10.6 Å². The quantitative estimate of drug-likeness (QED) is 0.440. The van der Waals surface area contributed by atoms with Crippen LogP contribution in [-0.2, 0) is 10.0 Å². The number of nitrogens with one attached hydrogen (secondary N) is 3. The van der Waals surface area contributed by atoms with Gasteiger partial charge in [0, 0.05) is 17.8 Å². The van der Waals surface area contributed by atoms with E-state index >= 15 is 0 Å². The number of rotatable bonds is 11. The number of sulfonamides is 1. The lowest BCUT2D eigenvalue weighted by molar-refractivity contribution is 0.0953. The lowest BCUT2D eigenvalue weighted by Crippen LogP contribution is -2.34. The van der Waals surface area contributed by atoms with Crippen molar-refractivity contribution in [2.45, 2.75) is 57.3 Å². The Morgan fingerprint density at radius 1 is 0.903 bits per heavy atom. The molecule has 0 spiro atoms. The highest BCUT2D eigenvalue weighted by molar-refractivity contribution is 7.90. The molecule has 3 amide bonds. The summed E-state index contributed by atoms with van der Waals surface area (Å²) in [6.45, 7) is 4.61. The molecule has 0 aliphatic carbocycles. The lowest BCUT2D eigenvalue weighted by Gasteiger charge is -2.10. The van der Waals surface area contributed by atoms with Crippen molar-refractivity contribution in [2.24, 2.45) is 0 Å². The van der Waals surface area contributed by atoms with Crippen molar-refractivity contribution in [3.63, 3.8) is 0 Å². The van der Waals surface area contributed by atoms with E-state index in [0.717, 1.165) is 18.4 Å². The predicted molar refractivity (Wildman–Crippen MR) is 123 cm³/mol. The molecule has 2 aromatic carbocycles. The Hall–Kier alpha value is -2.87. The van der Waals surface area contributed by atoms with Crippen LogP contribution in [0.4, 0.5) is 10.5 Å². The summed E-state index contributed by atoms with van der Waals surface area (Å²) in [4.78, 5) is 24.5. The summed E-state index contributed by atoms with van der Waals surface area (Å²) in [5.74, 6) is -0.232. The van der Waals surface area contributed by atoms with Crippen LogP contribution in [0.2, 0.25) is 0 Å². The molecule has 0 unspecified atom stereocenters. The highest BCUT2D eigenvalue weighted by Crippen LogP contribution is 2.13. The van der Waals surface area contributed by atoms with Gasteiger partial charge in [0.15, 0.2) is 0 Å². The maximum Gasteiger partial charge on any atom is 0.333 e. The molecule has 0 fully saturated rings. The van der Waals surface area contributed by atoms with Crippen LogP contribution in [0.1, 0.15) is 61.4 Å². The van der Waals surface area contributed by atoms with E-state index in [4.69, 9.17) is 0 Å². The van der Waals surface area contributed by atoms with Gasteiger partial charge in [-0.15, -0.1) is 0 Å². The summed E-state index contributed by atoms with van der Waals surface area (Å²) < 4.78 is 26.6. The molecule has 0 heterocycles. The Morgan fingerprint density at radius 2 is 1.58 bits per heavy atom. The Balaban J connectivity index is 1.86. The Morgan fingerprint density at radius 3 is 2.29 bits per heavy atom. The lowest BCUT2D eigenvalue weighted by atomic mass is 10.1. The summed E-state index contributed by atoms with van der Waals surface area (Å²) in [7, 11) is -3.99. The largest absolute Gasteiger partial charge is 0.352 e. The zero-order valence-corrected chi connectivity index (χ0v) is 18.9. The van der Waals surface area contributed by atoms with Gasteiger partial charge in [0.1, 0.15) is 0 Å². The highest BCUT2D eigenvalue weighted by Gasteiger charge is 2.17. The number of carbonyl (C=O) groups is 2. The number of anilines is 1. The minimum Gasteiger partial charge on any atom is -0.352 e. The van der Waals surface area contributed by atoms with Crippen LogP contribution >= 0.6 is 0 Å². The third kappa shape index (κ3) is 8.41. The first-order valence-electron chi connectivity index (χ1n) is 10.6. The average Bonchev–Trinajstić information content (AvgIpc) is 2.73. The van der Waals surface area contributed by atoms with Crippen LogP contribution in [0.25, 0.3) is 0 Å². The Bertz CT molecular complexity index is 973. The fraction of sp³-hybridized carbons (Fsp3) is 0.391. The Labute approximate surface area is 184 Å². The van der Waals surface area contributed by atoms with E-state index in [-0.39, 0.29) is 10.8 Å². The monoisotopic (exact) mass is 445 g/mol. The van der Waals surface area contributed by atoms with Gasteiger partial charge in [0.25, 0.3) is 15.9 Å². The smallest absolute Gasteiger partial charge is 0.333 e. The number of unbranched alkanes of at least 4 members (excludes halogenated alkanes) is 5. The highest BCUT2D eigenvalue weighted by atomic mass is 32.2. The van der Waals surface area contributed by atoms with Gasteiger partial charge in [0.05, 0.1) is 4.90 Å². The SMILES string of the molecule is CCCCCCCCNC(=O)c1cccc(NC(=O)NS(=O)(=O)c2ccc(C)cc2)c1. The van der Waals surface area contributed by atoms with Crippen molar-refractivity contribution >= 4 is 27.6 Å². The normalized spacial score (nSPS) is 11.0. The number of aryl methyl sites for hydroxylation is 1. The van der Waals surface area contributed by atoms with E-state index in [1.807, 2.05) is 11.6 Å². The second-order valence-corrected chi connectivity index (χ2v) is 9.16. The first-order chi connectivity index (χ1) is 14.8. The second-order valence-electron chi connectivity index (χ2n) is 7.48. The molecule has 0 atom stereocenters. The number of amides is 3. The molecular formula is C23H31N3O4S. The fourth-order valence-electron chi connectivity index (χ4n) is 3.00. The third-order valence-electron chi connectivity index (χ3n) is 4.76. The Kier molecular flexibility index (Phi) is 9.52. The van der Waals surface area contributed by atoms with Crippen molar-refractivity contribution in [1.29, 1.82) is 0 Å². The number of carbonyl (C=O) groups excluding carboxylic acids is 2. The van der Waals surface area contributed by atoms with E-state index in [2.05, 4.69) is 17.6 Å². The molecule has 0 bridgehead atoms. The number of hydrogen-bond acceptors (Lipinski definition) is 4. The predicted octanol–water partition coefficient (Wildman–Crippen LogP) is 4.60. The first-order valence-corrected chi connectivity index (χ1v) is 12.1. The number of benzene rings is 2. The number of urea groups is 1. The van der Waals surface area contributed by atoms with Crippen molar-refractivity contribution in [3.05, 3.63) is 59.7 Å². The van der Waals surface area contributed by atoms with E-state index in [1.54, 1.807) is 30.3 Å². The molecule has 0 aliphatic rings. The summed E-state index contributed by atoms with van der Waals surface area (Å²) in [5.41, 5.74) is 1.63. The first kappa shape index (κ1) is 24.4. The zero-order valence-electron chi connectivity index (χ0n) is 18.1. The zero-order chi connectivity index (χ0) is 22.7. The summed E-state index contributed by atoms with van der Waals surface area (Å²) >= 11 is 0. The number of hydrogen-bond donors (Lipinski definition) is 3. The second kappa shape index (κ2) is 12.1. The molecule has 8 heteroatoms. The molecule has 0 radical (unpaired) electrons. The summed E-state index contributed by atoms with van der Waals surface area (Å²) in [5, 5.41) is 5.33. The molecule has 0 saturated heterocycles. The molecule has 7 nitrogen and oxygen atoms in total. The van der Waals surface area contributed by atoms with Gasteiger partial charge in [-0.2, -0.15) is 0 Å². The summed E-state index contributed by atoms with van der Waals surface area (Å²) in [6.07, 6.45) is 6.84. The van der Waals surface area contributed by atoms with Gasteiger partial charge in [-0.1, -0.05) is 62.8 Å². The van der Waals surface area contributed by atoms with Crippen molar-refractivity contribution in [1.82, 2.24) is 10.0 Å². The molecule has 168 valence electrons. The minimum absolute atomic E-state index is 0.00364. The minimum atomic E-state index is -3.99. The van der Waals surface area contributed by atoms with Gasteiger partial charge in [-0.3, -0.25) is 4.79 Å². The van der Waals surface area contributed by atoms with Crippen LogP contribution in [0.15, 0.2) is 53.4 Å². The van der Waals surface area contributed by atoms with Gasteiger partial charge in [0.2, 0.25) is 0 Å². The van der Waals surface area contributed by atoms with E-state index in [0.29, 0.717) is 17.8 Å². The molecule has 2 aromatic rings.